The molecule has 0 aliphatic carbocycles. The molecule has 0 saturated carbocycles. The molecule has 0 spiro atoms. The Kier molecular flexibility index (Phi) is 5.95. The highest BCUT2D eigenvalue weighted by atomic mass is 16.5. The summed E-state index contributed by atoms with van der Waals surface area (Å²) in [5.41, 5.74) is 2.28. The molecule has 0 aromatic heterocycles. The monoisotopic (exact) mass is 285 g/mol. The molecule has 2 rings (SSSR count). The van der Waals surface area contributed by atoms with E-state index < -0.39 is 0 Å². The lowest BCUT2D eigenvalue weighted by Crippen LogP contribution is -2.00. The zero-order valence-corrected chi connectivity index (χ0v) is 12.8. The third-order valence-electron chi connectivity index (χ3n) is 3.26. The molecule has 0 aliphatic heterocycles. The van der Waals surface area contributed by atoms with Gasteiger partial charge in [-0.3, -0.25) is 0 Å². The lowest BCUT2D eigenvalue weighted by Gasteiger charge is -2.09. The van der Waals surface area contributed by atoms with E-state index in [2.05, 4.69) is 24.4 Å². The minimum atomic E-state index is 0.780. The van der Waals surface area contributed by atoms with Crippen LogP contribution in [0.25, 0.3) is 0 Å². The van der Waals surface area contributed by atoms with Crippen molar-refractivity contribution in [2.45, 2.75) is 26.3 Å². The van der Waals surface area contributed by atoms with E-state index in [1.807, 2.05) is 36.4 Å². The summed E-state index contributed by atoms with van der Waals surface area (Å²) in [7, 11) is 1.68. The van der Waals surface area contributed by atoms with E-state index in [9.17, 15) is 0 Å². The molecule has 3 heteroatoms. The van der Waals surface area contributed by atoms with Gasteiger partial charge >= 0.3 is 0 Å². The predicted molar refractivity (Wildman–Crippen MR) is 87.2 cm³/mol. The summed E-state index contributed by atoms with van der Waals surface area (Å²) in [5.74, 6) is 1.80. The van der Waals surface area contributed by atoms with Gasteiger partial charge in [0.2, 0.25) is 0 Å². The summed E-state index contributed by atoms with van der Waals surface area (Å²) in [5, 5.41) is 3.39. The Labute approximate surface area is 126 Å². The number of rotatable bonds is 8. The van der Waals surface area contributed by atoms with E-state index in [1.165, 1.54) is 5.56 Å². The highest BCUT2D eigenvalue weighted by molar-refractivity contribution is 5.48. The topological polar surface area (TPSA) is 30.5 Å². The fraction of sp³-hybridized carbons (Fsp3) is 0.333. The summed E-state index contributed by atoms with van der Waals surface area (Å²) in [6.45, 7) is 3.73. The van der Waals surface area contributed by atoms with Crippen molar-refractivity contribution >= 4 is 5.69 Å². The molecular formula is C18H23NO2. The van der Waals surface area contributed by atoms with Gasteiger partial charge in [-0.25, -0.2) is 0 Å². The van der Waals surface area contributed by atoms with Crippen molar-refractivity contribution in [3.8, 4) is 11.5 Å². The highest BCUT2D eigenvalue weighted by Crippen LogP contribution is 2.18. The molecule has 0 aliphatic rings. The third kappa shape index (κ3) is 5.03. The zero-order valence-electron chi connectivity index (χ0n) is 12.8. The number of hydrogen-bond donors (Lipinski definition) is 1. The first-order chi connectivity index (χ1) is 10.3. The molecule has 1 N–H and O–H groups in total. The SMILES string of the molecule is CCCCOc1ccc(CNc2cccc(OC)c2)cc1. The second-order valence-electron chi connectivity index (χ2n) is 4.93. The van der Waals surface area contributed by atoms with Gasteiger partial charge in [-0.1, -0.05) is 31.5 Å². The molecular weight excluding hydrogens is 262 g/mol. The smallest absolute Gasteiger partial charge is 0.120 e. The average molecular weight is 285 g/mol. The number of benzene rings is 2. The van der Waals surface area contributed by atoms with Crippen LogP contribution in [-0.4, -0.2) is 13.7 Å². The van der Waals surface area contributed by atoms with Gasteiger partial charge in [0.25, 0.3) is 0 Å². The lowest BCUT2D eigenvalue weighted by atomic mass is 10.2. The minimum absolute atomic E-state index is 0.780. The number of anilines is 1. The quantitative estimate of drug-likeness (QED) is 0.725. The Morgan fingerprint density at radius 1 is 1.00 bits per heavy atom. The van der Waals surface area contributed by atoms with Crippen molar-refractivity contribution < 1.29 is 9.47 Å². The second-order valence-corrected chi connectivity index (χ2v) is 4.93. The molecule has 3 nitrogen and oxygen atoms in total. The highest BCUT2D eigenvalue weighted by Gasteiger charge is 1.98. The van der Waals surface area contributed by atoms with E-state index in [0.717, 1.165) is 43.2 Å². The van der Waals surface area contributed by atoms with Crippen LogP contribution >= 0.6 is 0 Å². The molecule has 0 radical (unpaired) electrons. The van der Waals surface area contributed by atoms with E-state index in [4.69, 9.17) is 9.47 Å². The van der Waals surface area contributed by atoms with Crippen molar-refractivity contribution in [1.82, 2.24) is 0 Å². The zero-order chi connectivity index (χ0) is 14.9. The number of nitrogens with one attached hydrogen (secondary N) is 1. The summed E-state index contributed by atoms with van der Waals surface area (Å²) < 4.78 is 10.9. The first-order valence-corrected chi connectivity index (χ1v) is 7.41. The van der Waals surface area contributed by atoms with Gasteiger partial charge in [0.05, 0.1) is 13.7 Å². The van der Waals surface area contributed by atoms with Crippen LogP contribution in [0.15, 0.2) is 48.5 Å². The number of hydrogen-bond acceptors (Lipinski definition) is 3. The first kappa shape index (κ1) is 15.2. The van der Waals surface area contributed by atoms with Crippen LogP contribution in [0, 0.1) is 0 Å². The lowest BCUT2D eigenvalue weighted by molar-refractivity contribution is 0.309. The van der Waals surface area contributed by atoms with Gasteiger partial charge in [-0.05, 0) is 36.2 Å². The average Bonchev–Trinajstić information content (AvgIpc) is 2.54. The number of ether oxygens (including phenoxy) is 2. The van der Waals surface area contributed by atoms with E-state index in [0.29, 0.717) is 0 Å². The Morgan fingerprint density at radius 2 is 1.81 bits per heavy atom. The maximum atomic E-state index is 5.66. The van der Waals surface area contributed by atoms with Gasteiger partial charge in [0, 0.05) is 18.3 Å². The molecule has 2 aromatic carbocycles. The van der Waals surface area contributed by atoms with Crippen molar-refractivity contribution in [1.29, 1.82) is 0 Å². The van der Waals surface area contributed by atoms with Gasteiger partial charge in [0.1, 0.15) is 11.5 Å². The molecule has 0 fully saturated rings. The predicted octanol–water partition coefficient (Wildman–Crippen LogP) is 4.49. The molecule has 21 heavy (non-hydrogen) atoms. The van der Waals surface area contributed by atoms with Crippen molar-refractivity contribution in [2.24, 2.45) is 0 Å². The summed E-state index contributed by atoms with van der Waals surface area (Å²) >= 11 is 0. The van der Waals surface area contributed by atoms with Crippen LogP contribution in [0.2, 0.25) is 0 Å². The molecule has 2 aromatic rings. The second kappa shape index (κ2) is 8.20. The molecule has 0 amide bonds. The molecule has 0 unspecified atom stereocenters. The van der Waals surface area contributed by atoms with Crippen LogP contribution in [0.1, 0.15) is 25.3 Å². The minimum Gasteiger partial charge on any atom is -0.497 e. The molecule has 112 valence electrons. The maximum Gasteiger partial charge on any atom is 0.120 e. The molecule has 0 atom stereocenters. The summed E-state index contributed by atoms with van der Waals surface area (Å²) in [4.78, 5) is 0. The molecule has 0 saturated heterocycles. The van der Waals surface area contributed by atoms with Crippen LogP contribution in [0.5, 0.6) is 11.5 Å². The Balaban J connectivity index is 1.85. The third-order valence-corrected chi connectivity index (χ3v) is 3.26. The Bertz CT molecular complexity index is 537. The summed E-state index contributed by atoms with van der Waals surface area (Å²) in [6.07, 6.45) is 2.25. The van der Waals surface area contributed by atoms with Crippen molar-refractivity contribution in [3.63, 3.8) is 0 Å². The normalized spacial score (nSPS) is 10.2. The van der Waals surface area contributed by atoms with Crippen molar-refractivity contribution in [3.05, 3.63) is 54.1 Å². The number of methoxy groups -OCH3 is 1. The van der Waals surface area contributed by atoms with Crippen molar-refractivity contribution in [2.75, 3.05) is 19.0 Å². The molecule has 0 heterocycles. The van der Waals surface area contributed by atoms with Crippen LogP contribution < -0.4 is 14.8 Å². The van der Waals surface area contributed by atoms with Crippen LogP contribution in [-0.2, 0) is 6.54 Å². The van der Waals surface area contributed by atoms with Crippen LogP contribution in [0.4, 0.5) is 5.69 Å². The van der Waals surface area contributed by atoms with Gasteiger partial charge in [-0.2, -0.15) is 0 Å². The first-order valence-electron chi connectivity index (χ1n) is 7.41. The fourth-order valence-electron chi connectivity index (χ4n) is 1.98. The Morgan fingerprint density at radius 3 is 2.52 bits per heavy atom. The van der Waals surface area contributed by atoms with Gasteiger partial charge < -0.3 is 14.8 Å². The fourth-order valence-corrected chi connectivity index (χ4v) is 1.98. The maximum absolute atomic E-state index is 5.66. The largest absolute Gasteiger partial charge is 0.497 e. The van der Waals surface area contributed by atoms with E-state index in [1.54, 1.807) is 7.11 Å². The van der Waals surface area contributed by atoms with E-state index in [-0.39, 0.29) is 0 Å². The molecule has 0 bridgehead atoms. The summed E-state index contributed by atoms with van der Waals surface area (Å²) in [6, 6.07) is 16.2. The van der Waals surface area contributed by atoms with Gasteiger partial charge in [0.15, 0.2) is 0 Å². The standard InChI is InChI=1S/C18H23NO2/c1-3-4-12-21-17-10-8-15(9-11-17)14-19-16-6-5-7-18(13-16)20-2/h5-11,13,19H,3-4,12,14H2,1-2H3. The van der Waals surface area contributed by atoms with E-state index >= 15 is 0 Å². The number of unbranched alkanes of at least 4 members (excludes halogenated alkanes) is 1. The van der Waals surface area contributed by atoms with Crippen LogP contribution in [0.3, 0.4) is 0 Å². The Hall–Kier alpha value is -2.16. The van der Waals surface area contributed by atoms with Gasteiger partial charge in [-0.15, -0.1) is 0 Å².